The molecule has 2 aliphatic heterocycles. The zero-order valence-electron chi connectivity index (χ0n) is 16.1. The summed E-state index contributed by atoms with van der Waals surface area (Å²) in [6.45, 7) is 8.34. The monoisotopic (exact) mass is 355 g/mol. The van der Waals surface area contributed by atoms with Crippen LogP contribution in [0.5, 0.6) is 0 Å². The van der Waals surface area contributed by atoms with Crippen molar-refractivity contribution in [2.24, 2.45) is 16.8 Å². The van der Waals surface area contributed by atoms with Crippen LogP contribution in [0.25, 0.3) is 0 Å². The molecule has 3 aliphatic rings. The molecule has 1 amide bonds. The summed E-state index contributed by atoms with van der Waals surface area (Å²) in [7, 11) is 1.68. The number of aryl methyl sites for hydroxylation is 1. The van der Waals surface area contributed by atoms with Crippen LogP contribution in [0.3, 0.4) is 0 Å². The van der Waals surface area contributed by atoms with E-state index in [-0.39, 0.29) is 5.91 Å². The number of amides is 1. The van der Waals surface area contributed by atoms with Crippen LogP contribution in [0.15, 0.2) is 29.3 Å². The van der Waals surface area contributed by atoms with E-state index in [0.717, 1.165) is 38.3 Å². The Bertz CT molecular complexity index is 732. The van der Waals surface area contributed by atoms with E-state index in [1.807, 2.05) is 11.8 Å². The predicted molar refractivity (Wildman–Crippen MR) is 102 cm³/mol. The van der Waals surface area contributed by atoms with Crippen LogP contribution in [-0.4, -0.2) is 60.4 Å². The lowest BCUT2D eigenvalue weighted by Gasteiger charge is -2.28. The van der Waals surface area contributed by atoms with Crippen molar-refractivity contribution in [3.8, 4) is 0 Å². The molecule has 0 aromatic heterocycles. The smallest absolute Gasteiger partial charge is 0.256 e. The molecular weight excluding hydrogens is 326 g/mol. The number of hydrogen-bond acceptors (Lipinski definition) is 4. The Morgan fingerprint density at radius 3 is 2.85 bits per heavy atom. The normalized spacial score (nSPS) is 31.1. The van der Waals surface area contributed by atoms with E-state index in [2.05, 4.69) is 36.1 Å². The molecule has 0 radical (unpaired) electrons. The van der Waals surface area contributed by atoms with Gasteiger partial charge in [0, 0.05) is 32.7 Å². The van der Waals surface area contributed by atoms with Crippen LogP contribution in [0.4, 0.5) is 0 Å². The van der Waals surface area contributed by atoms with Gasteiger partial charge in [0.2, 0.25) is 0 Å². The Balaban J connectivity index is 1.50. The highest BCUT2D eigenvalue weighted by Gasteiger charge is 2.60. The zero-order chi connectivity index (χ0) is 18.3. The van der Waals surface area contributed by atoms with Gasteiger partial charge in [-0.25, -0.2) is 0 Å². The fraction of sp³-hybridized carbons (Fsp3) is 0.619. The zero-order valence-corrected chi connectivity index (χ0v) is 16.1. The summed E-state index contributed by atoms with van der Waals surface area (Å²) in [5, 5.41) is 0. The van der Waals surface area contributed by atoms with Crippen molar-refractivity contribution < 1.29 is 9.53 Å². The SMILES string of the molecule is COCCN1C(=O)[C@]2(CC[C@@H]3CN(Cc4ccccc4C)C[C@@H]32)N=C1C. The van der Waals surface area contributed by atoms with Crippen LogP contribution in [0, 0.1) is 18.8 Å². The highest BCUT2D eigenvalue weighted by Crippen LogP contribution is 2.50. The average Bonchev–Trinajstić information content (AvgIpc) is 3.24. The number of rotatable bonds is 5. The first-order valence-corrected chi connectivity index (χ1v) is 9.69. The standard InChI is InChI=1S/C21H29N3O2/c1-15-6-4-5-7-17(15)12-23-13-18-8-9-21(19(18)14-23)20(25)24(10-11-26-3)16(2)22-21/h4-7,18-19H,8-14H2,1-3H3/t18-,19+,21-/m1/s1. The van der Waals surface area contributed by atoms with E-state index < -0.39 is 5.54 Å². The van der Waals surface area contributed by atoms with Crippen LogP contribution < -0.4 is 0 Å². The van der Waals surface area contributed by atoms with Crippen molar-refractivity contribution in [2.45, 2.75) is 38.8 Å². The van der Waals surface area contributed by atoms with Crippen LogP contribution in [0.2, 0.25) is 0 Å². The largest absolute Gasteiger partial charge is 0.383 e. The number of carbonyl (C=O) groups excluding carboxylic acids is 1. The van der Waals surface area contributed by atoms with Crippen LogP contribution in [0.1, 0.15) is 30.9 Å². The van der Waals surface area contributed by atoms with Crippen molar-refractivity contribution in [1.82, 2.24) is 9.80 Å². The van der Waals surface area contributed by atoms with E-state index in [1.54, 1.807) is 7.11 Å². The number of aliphatic imine (C=N–C) groups is 1. The number of amidine groups is 1. The van der Waals surface area contributed by atoms with Crippen molar-refractivity contribution in [2.75, 3.05) is 33.4 Å². The second-order valence-corrected chi connectivity index (χ2v) is 8.06. The van der Waals surface area contributed by atoms with Crippen molar-refractivity contribution in [3.05, 3.63) is 35.4 Å². The summed E-state index contributed by atoms with van der Waals surface area (Å²) in [6.07, 6.45) is 2.01. The fourth-order valence-corrected chi connectivity index (χ4v) is 5.17. The van der Waals surface area contributed by atoms with Crippen LogP contribution >= 0.6 is 0 Å². The van der Waals surface area contributed by atoms with Gasteiger partial charge in [-0.2, -0.15) is 0 Å². The average molecular weight is 355 g/mol. The molecule has 1 aliphatic carbocycles. The summed E-state index contributed by atoms with van der Waals surface area (Å²) in [4.78, 5) is 22.6. The number of nitrogens with zero attached hydrogens (tertiary/aromatic N) is 3. The van der Waals surface area contributed by atoms with Gasteiger partial charge in [0.15, 0.2) is 0 Å². The molecular formula is C21H29N3O2. The lowest BCUT2D eigenvalue weighted by molar-refractivity contribution is -0.132. The van der Waals surface area contributed by atoms with E-state index in [0.29, 0.717) is 25.0 Å². The van der Waals surface area contributed by atoms with Gasteiger partial charge in [0.05, 0.1) is 13.2 Å². The van der Waals surface area contributed by atoms with E-state index >= 15 is 0 Å². The quantitative estimate of drug-likeness (QED) is 0.815. The molecule has 2 fully saturated rings. The van der Waals surface area contributed by atoms with Gasteiger partial charge in [0.25, 0.3) is 5.91 Å². The van der Waals surface area contributed by atoms with Crippen molar-refractivity contribution >= 4 is 11.7 Å². The predicted octanol–water partition coefficient (Wildman–Crippen LogP) is 2.48. The second-order valence-electron chi connectivity index (χ2n) is 8.06. The number of likely N-dealkylation sites (tertiary alicyclic amines) is 1. The molecule has 1 aromatic carbocycles. The summed E-state index contributed by atoms with van der Waals surface area (Å²) in [5.74, 6) is 2.01. The first-order valence-electron chi connectivity index (χ1n) is 9.69. The third-order valence-electron chi connectivity index (χ3n) is 6.57. The van der Waals surface area contributed by atoms with Gasteiger partial charge in [-0.1, -0.05) is 24.3 Å². The summed E-state index contributed by atoms with van der Waals surface area (Å²) in [5.41, 5.74) is 2.22. The molecule has 0 N–H and O–H groups in total. The first kappa shape index (κ1) is 17.7. The lowest BCUT2D eigenvalue weighted by Crippen LogP contribution is -2.47. The minimum Gasteiger partial charge on any atom is -0.383 e. The number of hydrogen-bond donors (Lipinski definition) is 0. The molecule has 140 valence electrons. The third-order valence-corrected chi connectivity index (χ3v) is 6.57. The summed E-state index contributed by atoms with van der Waals surface area (Å²) < 4.78 is 5.18. The van der Waals surface area contributed by atoms with Gasteiger partial charge in [-0.3, -0.25) is 19.6 Å². The molecule has 5 heteroatoms. The molecule has 0 unspecified atom stereocenters. The Morgan fingerprint density at radius 1 is 1.27 bits per heavy atom. The maximum absolute atomic E-state index is 13.2. The number of fused-ring (bicyclic) bond motifs is 2. The topological polar surface area (TPSA) is 45.1 Å². The number of carbonyl (C=O) groups is 1. The highest BCUT2D eigenvalue weighted by atomic mass is 16.5. The molecule has 26 heavy (non-hydrogen) atoms. The number of methoxy groups -OCH3 is 1. The van der Waals surface area contributed by atoms with Gasteiger partial charge < -0.3 is 4.74 Å². The van der Waals surface area contributed by atoms with Gasteiger partial charge >= 0.3 is 0 Å². The van der Waals surface area contributed by atoms with Gasteiger partial charge in [0.1, 0.15) is 11.4 Å². The van der Waals surface area contributed by atoms with Crippen LogP contribution in [-0.2, 0) is 16.1 Å². The minimum absolute atomic E-state index is 0.206. The molecule has 3 atom stereocenters. The summed E-state index contributed by atoms with van der Waals surface area (Å²) in [6, 6.07) is 8.60. The maximum Gasteiger partial charge on any atom is 0.256 e. The third kappa shape index (κ3) is 2.78. The van der Waals surface area contributed by atoms with E-state index in [1.165, 1.54) is 11.1 Å². The second kappa shape index (κ2) is 6.78. The Morgan fingerprint density at radius 2 is 2.08 bits per heavy atom. The Kier molecular flexibility index (Phi) is 4.61. The van der Waals surface area contributed by atoms with Gasteiger partial charge in [-0.15, -0.1) is 0 Å². The van der Waals surface area contributed by atoms with Crippen molar-refractivity contribution in [3.63, 3.8) is 0 Å². The molecule has 1 saturated carbocycles. The Labute approximate surface area is 156 Å². The van der Waals surface area contributed by atoms with E-state index in [4.69, 9.17) is 9.73 Å². The lowest BCUT2D eigenvalue weighted by atomic mass is 9.85. The molecule has 5 nitrogen and oxygen atoms in total. The number of ether oxygens (including phenoxy) is 1. The summed E-state index contributed by atoms with van der Waals surface area (Å²) >= 11 is 0. The molecule has 4 rings (SSSR count). The highest BCUT2D eigenvalue weighted by molar-refractivity contribution is 6.07. The fourth-order valence-electron chi connectivity index (χ4n) is 5.17. The number of benzene rings is 1. The van der Waals surface area contributed by atoms with E-state index in [9.17, 15) is 4.79 Å². The molecule has 1 aromatic rings. The molecule has 1 saturated heterocycles. The molecule has 1 spiro atoms. The maximum atomic E-state index is 13.2. The molecule has 2 heterocycles. The first-order chi connectivity index (χ1) is 12.5. The minimum atomic E-state index is -0.511. The van der Waals surface area contributed by atoms with Crippen molar-refractivity contribution in [1.29, 1.82) is 0 Å². The molecule has 0 bridgehead atoms. The Hall–Kier alpha value is -1.72. The van der Waals surface area contributed by atoms with Gasteiger partial charge in [-0.05, 0) is 43.7 Å².